The molecule has 0 aromatic heterocycles. The molecule has 2 unspecified atom stereocenters. The van der Waals surface area contributed by atoms with Crippen molar-refractivity contribution >= 4 is 34.6 Å². The van der Waals surface area contributed by atoms with E-state index in [1.165, 1.54) is 10.0 Å². The van der Waals surface area contributed by atoms with Crippen molar-refractivity contribution in [2.75, 3.05) is 10.0 Å². The molecule has 6 nitrogen and oxygen atoms in total. The first kappa shape index (κ1) is 18.8. The summed E-state index contributed by atoms with van der Waals surface area (Å²) in [5.41, 5.74) is 1.74. The van der Waals surface area contributed by atoms with Gasteiger partial charge >= 0.3 is 0 Å². The highest BCUT2D eigenvalue weighted by Crippen LogP contribution is 2.47. The van der Waals surface area contributed by atoms with E-state index in [9.17, 15) is 9.59 Å². The zero-order valence-electron chi connectivity index (χ0n) is 16.7. The lowest BCUT2D eigenvalue weighted by molar-refractivity contribution is -0.129. The molecule has 2 aliphatic rings. The van der Waals surface area contributed by atoms with Crippen molar-refractivity contribution in [3.8, 4) is 0 Å². The van der Waals surface area contributed by atoms with Crippen molar-refractivity contribution in [1.29, 1.82) is 0 Å². The molecule has 0 aliphatic carbocycles. The molecular formula is C23H22N4O2. The average Bonchev–Trinajstić information content (AvgIpc) is 3.16. The van der Waals surface area contributed by atoms with Gasteiger partial charge in [0.05, 0.1) is 22.8 Å². The zero-order chi connectivity index (χ0) is 20.8. The standard InChI is InChI=1S/C23H22N4O2/c1-15(2)23(17(4)25-27(22(23)29)19-13-9-6-10-14-19)20-16(3)24-26(21(20)28)18-11-7-5-8-12-18/h5-14,20H,1H2,2-4H3. The fourth-order valence-electron chi connectivity index (χ4n) is 4.23. The second-order valence-corrected chi connectivity index (χ2v) is 7.39. The lowest BCUT2D eigenvalue weighted by Gasteiger charge is -2.33. The van der Waals surface area contributed by atoms with Crippen LogP contribution in [0.5, 0.6) is 0 Å². The van der Waals surface area contributed by atoms with E-state index < -0.39 is 11.3 Å². The van der Waals surface area contributed by atoms with Gasteiger partial charge in [-0.25, -0.2) is 5.01 Å². The highest BCUT2D eigenvalue weighted by molar-refractivity contribution is 6.29. The molecule has 0 N–H and O–H groups in total. The number of para-hydroxylation sites is 2. The molecule has 2 heterocycles. The first-order valence-electron chi connectivity index (χ1n) is 9.44. The van der Waals surface area contributed by atoms with Crippen LogP contribution in [0.4, 0.5) is 11.4 Å². The molecular weight excluding hydrogens is 364 g/mol. The Morgan fingerprint density at radius 2 is 1.41 bits per heavy atom. The maximum atomic E-state index is 13.7. The van der Waals surface area contributed by atoms with Crippen molar-refractivity contribution in [2.24, 2.45) is 21.5 Å². The fraction of sp³-hybridized carbons (Fsp3) is 0.217. The van der Waals surface area contributed by atoms with Gasteiger partial charge in [-0.3, -0.25) is 9.59 Å². The largest absolute Gasteiger partial charge is 0.272 e. The number of nitrogens with zero attached hydrogens (tertiary/aromatic N) is 4. The van der Waals surface area contributed by atoms with E-state index in [1.54, 1.807) is 20.8 Å². The Morgan fingerprint density at radius 1 is 0.897 bits per heavy atom. The van der Waals surface area contributed by atoms with Crippen molar-refractivity contribution in [1.82, 2.24) is 0 Å². The lowest BCUT2D eigenvalue weighted by atomic mass is 9.65. The summed E-state index contributed by atoms with van der Waals surface area (Å²) in [7, 11) is 0. The first-order chi connectivity index (χ1) is 13.9. The van der Waals surface area contributed by atoms with Gasteiger partial charge in [-0.05, 0) is 45.0 Å². The molecule has 0 saturated heterocycles. The van der Waals surface area contributed by atoms with Gasteiger partial charge in [0.25, 0.3) is 11.8 Å². The minimum atomic E-state index is -1.26. The summed E-state index contributed by atoms with van der Waals surface area (Å²) < 4.78 is 0. The van der Waals surface area contributed by atoms with Crippen LogP contribution in [-0.2, 0) is 9.59 Å². The van der Waals surface area contributed by atoms with Crippen LogP contribution in [0.25, 0.3) is 0 Å². The van der Waals surface area contributed by atoms with Crippen LogP contribution in [0.15, 0.2) is 83.0 Å². The summed E-state index contributed by atoms with van der Waals surface area (Å²) in [6.45, 7) is 9.43. The van der Waals surface area contributed by atoms with Gasteiger partial charge in [0.1, 0.15) is 11.3 Å². The number of anilines is 2. The Hall–Kier alpha value is -3.54. The molecule has 6 heteroatoms. The Morgan fingerprint density at radius 3 is 1.93 bits per heavy atom. The van der Waals surface area contributed by atoms with Crippen molar-refractivity contribution in [2.45, 2.75) is 20.8 Å². The predicted molar refractivity (Wildman–Crippen MR) is 115 cm³/mol. The van der Waals surface area contributed by atoms with Crippen molar-refractivity contribution < 1.29 is 9.59 Å². The van der Waals surface area contributed by atoms with Crippen LogP contribution in [0.2, 0.25) is 0 Å². The van der Waals surface area contributed by atoms with Crippen LogP contribution >= 0.6 is 0 Å². The smallest absolute Gasteiger partial charge is 0.264 e. The van der Waals surface area contributed by atoms with Crippen molar-refractivity contribution in [3.05, 3.63) is 72.8 Å². The molecule has 0 spiro atoms. The number of carbonyl (C=O) groups excluding carboxylic acids is 2. The number of hydrazone groups is 2. The van der Waals surface area contributed by atoms with E-state index in [4.69, 9.17) is 0 Å². The van der Waals surface area contributed by atoms with E-state index in [0.29, 0.717) is 28.4 Å². The van der Waals surface area contributed by atoms with Gasteiger partial charge in [0, 0.05) is 0 Å². The second-order valence-electron chi connectivity index (χ2n) is 7.39. The lowest BCUT2D eigenvalue weighted by Crippen LogP contribution is -2.51. The van der Waals surface area contributed by atoms with Crippen LogP contribution < -0.4 is 10.0 Å². The summed E-state index contributed by atoms with van der Waals surface area (Å²) in [6.07, 6.45) is 0. The predicted octanol–water partition coefficient (Wildman–Crippen LogP) is 4.01. The molecule has 0 saturated carbocycles. The SMILES string of the molecule is C=C(C)C1(C2C(=O)N(c3ccccc3)N=C2C)C(=O)N(c2ccccc2)N=C1C. The molecule has 2 amide bonds. The van der Waals surface area contributed by atoms with Crippen LogP contribution in [0.3, 0.4) is 0 Å². The third-order valence-electron chi connectivity index (χ3n) is 5.59. The molecule has 2 aromatic carbocycles. The Balaban J connectivity index is 1.80. The second kappa shape index (κ2) is 6.81. The number of rotatable bonds is 4. The molecule has 2 aliphatic heterocycles. The molecule has 0 bridgehead atoms. The topological polar surface area (TPSA) is 65.3 Å². The molecule has 146 valence electrons. The zero-order valence-corrected chi connectivity index (χ0v) is 16.7. The van der Waals surface area contributed by atoms with Crippen LogP contribution in [0.1, 0.15) is 20.8 Å². The molecule has 29 heavy (non-hydrogen) atoms. The molecule has 2 atom stereocenters. The summed E-state index contributed by atoms with van der Waals surface area (Å²) >= 11 is 0. The maximum Gasteiger partial charge on any atom is 0.264 e. The highest BCUT2D eigenvalue weighted by Gasteiger charge is 2.61. The molecule has 4 rings (SSSR count). The highest BCUT2D eigenvalue weighted by atomic mass is 16.2. The van der Waals surface area contributed by atoms with E-state index in [2.05, 4.69) is 16.8 Å². The Bertz CT molecular complexity index is 1060. The quantitative estimate of drug-likeness (QED) is 0.745. The maximum absolute atomic E-state index is 13.7. The fourth-order valence-corrected chi connectivity index (χ4v) is 4.23. The third-order valence-corrected chi connectivity index (χ3v) is 5.59. The summed E-state index contributed by atoms with van der Waals surface area (Å²) in [5, 5.41) is 11.8. The van der Waals surface area contributed by atoms with Crippen LogP contribution in [0, 0.1) is 11.3 Å². The van der Waals surface area contributed by atoms with Gasteiger partial charge in [0.15, 0.2) is 0 Å². The van der Waals surface area contributed by atoms with Gasteiger partial charge in [-0.2, -0.15) is 15.2 Å². The van der Waals surface area contributed by atoms with Crippen LogP contribution in [-0.4, -0.2) is 23.2 Å². The molecule has 2 aromatic rings. The van der Waals surface area contributed by atoms with E-state index in [0.717, 1.165) is 0 Å². The number of hydrogen-bond donors (Lipinski definition) is 0. The average molecular weight is 386 g/mol. The number of amides is 2. The van der Waals surface area contributed by atoms with E-state index in [-0.39, 0.29) is 11.8 Å². The van der Waals surface area contributed by atoms with Gasteiger partial charge < -0.3 is 0 Å². The summed E-state index contributed by atoms with van der Waals surface area (Å²) in [4.78, 5) is 27.2. The molecule has 0 fully saturated rings. The monoisotopic (exact) mass is 386 g/mol. The molecule has 0 radical (unpaired) electrons. The Kier molecular flexibility index (Phi) is 4.42. The van der Waals surface area contributed by atoms with Gasteiger partial charge in [-0.15, -0.1) is 0 Å². The van der Waals surface area contributed by atoms with Crippen molar-refractivity contribution in [3.63, 3.8) is 0 Å². The number of carbonyl (C=O) groups is 2. The summed E-state index contributed by atoms with van der Waals surface area (Å²) in [5.74, 6) is -1.32. The summed E-state index contributed by atoms with van der Waals surface area (Å²) in [6, 6.07) is 18.4. The Labute approximate surface area is 169 Å². The van der Waals surface area contributed by atoms with Gasteiger partial charge in [0.2, 0.25) is 0 Å². The minimum absolute atomic E-state index is 0.255. The van der Waals surface area contributed by atoms with E-state index >= 15 is 0 Å². The van der Waals surface area contributed by atoms with Gasteiger partial charge in [-0.1, -0.05) is 48.6 Å². The number of benzene rings is 2. The van der Waals surface area contributed by atoms with E-state index in [1.807, 2.05) is 60.7 Å². The normalized spacial score (nSPS) is 24.0. The third kappa shape index (κ3) is 2.63. The first-order valence-corrected chi connectivity index (χ1v) is 9.44. The number of hydrogen-bond acceptors (Lipinski definition) is 4. The minimum Gasteiger partial charge on any atom is -0.272 e.